The Morgan fingerprint density at radius 1 is 1.29 bits per heavy atom. The Balaban J connectivity index is 2.85. The molecule has 1 atom stereocenters. The maximum Gasteiger partial charge on any atom is 0.260 e. The van der Waals surface area contributed by atoms with E-state index in [0.29, 0.717) is 17.9 Å². The van der Waals surface area contributed by atoms with Gasteiger partial charge < -0.3 is 10.1 Å². The average Bonchev–Trinajstić information content (AvgIpc) is 2.35. The molecule has 17 heavy (non-hydrogen) atoms. The monoisotopic (exact) mass is 243 g/mol. The predicted octanol–water partition coefficient (Wildman–Crippen LogP) is 3.18. The number of hydrogen-bond donors (Lipinski definition) is 1. The standard InChI is InChI=1S/C13H19F2NO/c1-4-9-17-11-7-5-10(6-8-11)13(2,16-3)12(14)15/h5-8,12,16H,4,9H2,1-3H3. The van der Waals surface area contributed by atoms with Crippen molar-refractivity contribution in [3.63, 3.8) is 0 Å². The molecule has 1 aromatic rings. The maximum atomic E-state index is 13.0. The van der Waals surface area contributed by atoms with E-state index >= 15 is 0 Å². The largest absolute Gasteiger partial charge is 0.494 e. The minimum atomic E-state index is -2.46. The fourth-order valence-corrected chi connectivity index (χ4v) is 1.50. The molecule has 1 N–H and O–H groups in total. The summed E-state index contributed by atoms with van der Waals surface area (Å²) in [6, 6.07) is 6.80. The summed E-state index contributed by atoms with van der Waals surface area (Å²) in [5.74, 6) is 0.711. The van der Waals surface area contributed by atoms with Gasteiger partial charge in [0.25, 0.3) is 6.43 Å². The van der Waals surface area contributed by atoms with Crippen LogP contribution in [0.5, 0.6) is 5.75 Å². The van der Waals surface area contributed by atoms with Crippen LogP contribution in [0.25, 0.3) is 0 Å². The Labute approximate surface area is 101 Å². The van der Waals surface area contributed by atoms with E-state index in [1.807, 2.05) is 6.92 Å². The van der Waals surface area contributed by atoms with Crippen LogP contribution < -0.4 is 10.1 Å². The van der Waals surface area contributed by atoms with Gasteiger partial charge >= 0.3 is 0 Å². The van der Waals surface area contributed by atoms with Gasteiger partial charge in [-0.25, -0.2) is 8.78 Å². The van der Waals surface area contributed by atoms with Crippen LogP contribution in [-0.2, 0) is 5.54 Å². The van der Waals surface area contributed by atoms with Gasteiger partial charge in [0.1, 0.15) is 11.3 Å². The smallest absolute Gasteiger partial charge is 0.260 e. The number of nitrogens with one attached hydrogen (secondary N) is 1. The second-order valence-corrected chi connectivity index (χ2v) is 4.13. The van der Waals surface area contributed by atoms with Crippen LogP contribution in [0.4, 0.5) is 8.78 Å². The molecule has 0 fully saturated rings. The van der Waals surface area contributed by atoms with Gasteiger partial charge in [-0.2, -0.15) is 0 Å². The minimum absolute atomic E-state index is 0.554. The molecule has 0 bridgehead atoms. The van der Waals surface area contributed by atoms with Crippen LogP contribution in [0, 0.1) is 0 Å². The minimum Gasteiger partial charge on any atom is -0.494 e. The van der Waals surface area contributed by atoms with Gasteiger partial charge in [-0.1, -0.05) is 19.1 Å². The molecule has 2 nitrogen and oxygen atoms in total. The lowest BCUT2D eigenvalue weighted by Gasteiger charge is -2.28. The van der Waals surface area contributed by atoms with Gasteiger partial charge in [0.15, 0.2) is 0 Å². The molecule has 0 radical (unpaired) electrons. The highest BCUT2D eigenvalue weighted by Crippen LogP contribution is 2.28. The van der Waals surface area contributed by atoms with Crippen molar-refractivity contribution in [2.45, 2.75) is 32.2 Å². The van der Waals surface area contributed by atoms with Gasteiger partial charge in [0.2, 0.25) is 0 Å². The first-order chi connectivity index (χ1) is 8.04. The quantitative estimate of drug-likeness (QED) is 0.828. The number of ether oxygens (including phenoxy) is 1. The number of halogens is 2. The third-order valence-electron chi connectivity index (χ3n) is 2.88. The first-order valence-electron chi connectivity index (χ1n) is 5.75. The summed E-state index contributed by atoms with van der Waals surface area (Å²) >= 11 is 0. The molecule has 0 amide bonds. The Bertz CT molecular complexity index is 340. The Hall–Kier alpha value is -1.16. The van der Waals surface area contributed by atoms with E-state index in [1.54, 1.807) is 24.3 Å². The van der Waals surface area contributed by atoms with Crippen LogP contribution in [-0.4, -0.2) is 20.1 Å². The summed E-state index contributed by atoms with van der Waals surface area (Å²) in [5.41, 5.74) is -0.762. The summed E-state index contributed by atoms with van der Waals surface area (Å²) in [5, 5.41) is 2.67. The van der Waals surface area contributed by atoms with E-state index in [2.05, 4.69) is 5.32 Å². The lowest BCUT2D eigenvalue weighted by atomic mass is 9.92. The normalized spacial score (nSPS) is 14.7. The second-order valence-electron chi connectivity index (χ2n) is 4.13. The zero-order valence-electron chi connectivity index (χ0n) is 10.5. The molecule has 0 spiro atoms. The first kappa shape index (κ1) is 13.9. The lowest BCUT2D eigenvalue weighted by Crippen LogP contribution is -2.43. The second kappa shape index (κ2) is 5.96. The van der Waals surface area contributed by atoms with Crippen molar-refractivity contribution in [3.8, 4) is 5.75 Å². The molecule has 0 aliphatic rings. The first-order valence-corrected chi connectivity index (χ1v) is 5.75. The van der Waals surface area contributed by atoms with Crippen molar-refractivity contribution in [1.82, 2.24) is 5.32 Å². The molecule has 0 aliphatic heterocycles. The molecule has 1 aromatic carbocycles. The van der Waals surface area contributed by atoms with E-state index in [0.717, 1.165) is 6.42 Å². The molecule has 1 unspecified atom stereocenters. The Morgan fingerprint density at radius 3 is 2.29 bits per heavy atom. The van der Waals surface area contributed by atoms with E-state index in [1.165, 1.54) is 14.0 Å². The predicted molar refractivity (Wildman–Crippen MR) is 64.6 cm³/mol. The van der Waals surface area contributed by atoms with Crippen LogP contribution in [0.1, 0.15) is 25.8 Å². The number of rotatable bonds is 6. The summed E-state index contributed by atoms with van der Waals surface area (Å²) < 4.78 is 31.4. The van der Waals surface area contributed by atoms with Crippen molar-refractivity contribution in [3.05, 3.63) is 29.8 Å². The Morgan fingerprint density at radius 2 is 1.88 bits per heavy atom. The SMILES string of the molecule is CCCOc1ccc(C(C)(NC)C(F)F)cc1. The Kier molecular flexibility index (Phi) is 4.87. The van der Waals surface area contributed by atoms with Gasteiger partial charge in [0, 0.05) is 0 Å². The molecule has 0 aliphatic carbocycles. The molecule has 0 saturated heterocycles. The topological polar surface area (TPSA) is 21.3 Å². The molecular formula is C13H19F2NO. The van der Waals surface area contributed by atoms with Gasteiger partial charge in [-0.05, 0) is 38.1 Å². The number of alkyl halides is 2. The van der Waals surface area contributed by atoms with Gasteiger partial charge in [0.05, 0.1) is 6.61 Å². The number of hydrogen-bond acceptors (Lipinski definition) is 2. The van der Waals surface area contributed by atoms with Gasteiger partial charge in [-0.15, -0.1) is 0 Å². The van der Waals surface area contributed by atoms with Crippen LogP contribution in [0.3, 0.4) is 0 Å². The van der Waals surface area contributed by atoms with Crippen molar-refractivity contribution in [2.24, 2.45) is 0 Å². The van der Waals surface area contributed by atoms with E-state index < -0.39 is 12.0 Å². The van der Waals surface area contributed by atoms with Crippen LogP contribution in [0.2, 0.25) is 0 Å². The highest BCUT2D eigenvalue weighted by atomic mass is 19.3. The fourth-order valence-electron chi connectivity index (χ4n) is 1.50. The molecule has 0 aromatic heterocycles. The fraction of sp³-hybridized carbons (Fsp3) is 0.538. The average molecular weight is 243 g/mol. The number of benzene rings is 1. The molecule has 0 saturated carbocycles. The highest BCUT2D eigenvalue weighted by Gasteiger charge is 2.34. The third kappa shape index (κ3) is 3.16. The molecule has 0 heterocycles. The summed E-state index contributed by atoms with van der Waals surface area (Å²) in [6.07, 6.45) is -1.54. The highest BCUT2D eigenvalue weighted by molar-refractivity contribution is 5.32. The molecule has 4 heteroatoms. The van der Waals surface area contributed by atoms with E-state index in [9.17, 15) is 8.78 Å². The summed E-state index contributed by atoms with van der Waals surface area (Å²) in [6.45, 7) is 4.14. The maximum absolute atomic E-state index is 13.0. The summed E-state index contributed by atoms with van der Waals surface area (Å²) in [4.78, 5) is 0. The molecule has 96 valence electrons. The summed E-state index contributed by atoms with van der Waals surface area (Å²) in [7, 11) is 1.54. The molecule has 1 rings (SSSR count). The van der Waals surface area contributed by atoms with E-state index in [-0.39, 0.29) is 0 Å². The zero-order chi connectivity index (χ0) is 12.9. The molecular weight excluding hydrogens is 224 g/mol. The van der Waals surface area contributed by atoms with Crippen molar-refractivity contribution < 1.29 is 13.5 Å². The van der Waals surface area contributed by atoms with Gasteiger partial charge in [-0.3, -0.25) is 0 Å². The lowest BCUT2D eigenvalue weighted by molar-refractivity contribution is 0.0431. The van der Waals surface area contributed by atoms with E-state index in [4.69, 9.17) is 4.74 Å². The van der Waals surface area contributed by atoms with Crippen LogP contribution in [0.15, 0.2) is 24.3 Å². The third-order valence-corrected chi connectivity index (χ3v) is 2.88. The van der Waals surface area contributed by atoms with Crippen molar-refractivity contribution in [2.75, 3.05) is 13.7 Å². The van der Waals surface area contributed by atoms with Crippen molar-refractivity contribution >= 4 is 0 Å². The zero-order valence-corrected chi connectivity index (χ0v) is 10.5. The van der Waals surface area contributed by atoms with Crippen molar-refractivity contribution in [1.29, 1.82) is 0 Å². The van der Waals surface area contributed by atoms with Crippen LogP contribution >= 0.6 is 0 Å².